The first kappa shape index (κ1) is 18.8. The third-order valence-electron chi connectivity index (χ3n) is 4.09. The lowest BCUT2D eigenvalue weighted by Gasteiger charge is -2.25. The molecule has 0 aliphatic rings. The van der Waals surface area contributed by atoms with E-state index in [1.54, 1.807) is 12.1 Å². The molecule has 0 bridgehead atoms. The molecule has 1 unspecified atom stereocenters. The molecule has 0 spiro atoms. The predicted octanol–water partition coefficient (Wildman–Crippen LogP) is 3.28. The van der Waals surface area contributed by atoms with Crippen LogP contribution in [0.2, 0.25) is 0 Å². The summed E-state index contributed by atoms with van der Waals surface area (Å²) in [5.41, 5.74) is 7.36. The Balaban J connectivity index is 1.87. The van der Waals surface area contributed by atoms with E-state index in [1.165, 1.54) is 25.2 Å². The van der Waals surface area contributed by atoms with E-state index in [4.69, 9.17) is 5.73 Å². The topological polar surface area (TPSA) is 92.1 Å². The van der Waals surface area contributed by atoms with Crippen molar-refractivity contribution in [1.82, 2.24) is 15.1 Å². The maximum Gasteiger partial charge on any atom is 0.272 e. The number of benzene rings is 2. The van der Waals surface area contributed by atoms with Gasteiger partial charge in [0.1, 0.15) is 17.6 Å². The third-order valence-corrected chi connectivity index (χ3v) is 4.62. The molecule has 3 N–H and O–H groups in total. The molecule has 0 aliphatic carbocycles. The average molecular weight is 431 g/mol. The number of halogens is 2. The number of amides is 2. The zero-order chi connectivity index (χ0) is 19.6. The molecule has 6 nitrogen and oxygen atoms in total. The number of nitrogens with zero attached hydrogens (tertiary/aromatic N) is 2. The Morgan fingerprint density at radius 3 is 2.52 bits per heavy atom. The van der Waals surface area contributed by atoms with E-state index in [9.17, 15) is 14.0 Å². The largest absolute Gasteiger partial charge is 0.368 e. The standard InChI is InChI=1S/C19H16BrFN4O2/c1-25(17(18(22)26)12-3-2-4-14(21)9-12)19(27)16-10-15(23-24-16)11-5-7-13(20)8-6-11/h2-10,17H,1H3,(H2,22,26)(H,23,24). The molecular formula is C19H16BrFN4O2. The number of carbonyl (C=O) groups excluding carboxylic acids is 2. The second kappa shape index (κ2) is 7.71. The van der Waals surface area contributed by atoms with E-state index in [0.717, 1.165) is 14.9 Å². The molecule has 138 valence electrons. The van der Waals surface area contributed by atoms with Gasteiger partial charge in [-0.15, -0.1) is 0 Å². The summed E-state index contributed by atoms with van der Waals surface area (Å²) < 4.78 is 14.5. The summed E-state index contributed by atoms with van der Waals surface area (Å²) in [5.74, 6) is -1.76. The van der Waals surface area contributed by atoms with Crippen LogP contribution in [0.3, 0.4) is 0 Å². The quantitative estimate of drug-likeness (QED) is 0.650. The van der Waals surface area contributed by atoms with Gasteiger partial charge in [0.05, 0.1) is 5.69 Å². The molecule has 1 aromatic heterocycles. The lowest BCUT2D eigenvalue weighted by Crippen LogP contribution is -2.39. The van der Waals surface area contributed by atoms with E-state index < -0.39 is 23.7 Å². The number of rotatable bonds is 5. The highest BCUT2D eigenvalue weighted by Gasteiger charge is 2.28. The van der Waals surface area contributed by atoms with Gasteiger partial charge >= 0.3 is 0 Å². The number of hydrogen-bond acceptors (Lipinski definition) is 3. The molecular weight excluding hydrogens is 415 g/mol. The van der Waals surface area contributed by atoms with Crippen molar-refractivity contribution in [2.75, 3.05) is 7.05 Å². The zero-order valence-corrected chi connectivity index (χ0v) is 15.9. The van der Waals surface area contributed by atoms with Gasteiger partial charge in [-0.2, -0.15) is 5.10 Å². The molecule has 2 aromatic carbocycles. The van der Waals surface area contributed by atoms with Crippen molar-refractivity contribution in [3.63, 3.8) is 0 Å². The summed E-state index contributed by atoms with van der Waals surface area (Å²) in [4.78, 5) is 25.9. The molecule has 0 saturated heterocycles. The van der Waals surface area contributed by atoms with Gasteiger partial charge in [0, 0.05) is 17.1 Å². The van der Waals surface area contributed by atoms with Crippen molar-refractivity contribution in [2.24, 2.45) is 5.73 Å². The molecule has 8 heteroatoms. The summed E-state index contributed by atoms with van der Waals surface area (Å²) in [6, 6.07) is 13.4. The SMILES string of the molecule is CN(C(=O)c1cc(-c2ccc(Br)cc2)n[nH]1)C(C(N)=O)c1cccc(F)c1. The van der Waals surface area contributed by atoms with Gasteiger partial charge in [0.2, 0.25) is 5.91 Å². The van der Waals surface area contributed by atoms with Crippen LogP contribution in [0.4, 0.5) is 4.39 Å². The fourth-order valence-corrected chi connectivity index (χ4v) is 3.03. The van der Waals surface area contributed by atoms with Crippen molar-refractivity contribution >= 4 is 27.7 Å². The molecule has 0 radical (unpaired) electrons. The van der Waals surface area contributed by atoms with Crippen LogP contribution in [0, 0.1) is 5.82 Å². The second-order valence-electron chi connectivity index (χ2n) is 5.95. The molecule has 27 heavy (non-hydrogen) atoms. The minimum Gasteiger partial charge on any atom is -0.368 e. The van der Waals surface area contributed by atoms with Crippen molar-refractivity contribution in [1.29, 1.82) is 0 Å². The lowest BCUT2D eigenvalue weighted by atomic mass is 10.0. The molecule has 0 fully saturated rings. The Morgan fingerprint density at radius 2 is 1.89 bits per heavy atom. The van der Waals surface area contributed by atoms with Crippen molar-refractivity contribution in [3.8, 4) is 11.3 Å². The molecule has 0 saturated carbocycles. The molecule has 3 aromatic rings. The molecule has 1 atom stereocenters. The highest BCUT2D eigenvalue weighted by molar-refractivity contribution is 9.10. The summed E-state index contributed by atoms with van der Waals surface area (Å²) in [6.07, 6.45) is 0. The first-order chi connectivity index (χ1) is 12.9. The van der Waals surface area contributed by atoms with Crippen LogP contribution in [0.5, 0.6) is 0 Å². The number of nitrogens with two attached hydrogens (primary N) is 1. The van der Waals surface area contributed by atoms with Crippen LogP contribution < -0.4 is 5.73 Å². The van der Waals surface area contributed by atoms with Gasteiger partial charge in [-0.3, -0.25) is 14.7 Å². The van der Waals surface area contributed by atoms with Gasteiger partial charge < -0.3 is 10.6 Å². The Bertz CT molecular complexity index is 987. The Hall–Kier alpha value is -3.00. The Labute approximate surface area is 163 Å². The van der Waals surface area contributed by atoms with Crippen molar-refractivity contribution < 1.29 is 14.0 Å². The van der Waals surface area contributed by atoms with Crippen LogP contribution in [0.15, 0.2) is 59.1 Å². The van der Waals surface area contributed by atoms with Crippen LogP contribution in [0.25, 0.3) is 11.3 Å². The monoisotopic (exact) mass is 430 g/mol. The molecule has 0 aliphatic heterocycles. The molecule has 1 heterocycles. The first-order valence-corrected chi connectivity index (χ1v) is 8.79. The van der Waals surface area contributed by atoms with Gasteiger partial charge in [-0.1, -0.05) is 40.2 Å². The smallest absolute Gasteiger partial charge is 0.272 e. The van der Waals surface area contributed by atoms with Gasteiger partial charge in [-0.25, -0.2) is 4.39 Å². The second-order valence-corrected chi connectivity index (χ2v) is 6.87. The average Bonchev–Trinajstić information content (AvgIpc) is 3.11. The van der Waals surface area contributed by atoms with Crippen LogP contribution in [-0.4, -0.2) is 34.0 Å². The number of likely N-dealkylation sites (N-methyl/N-ethyl adjacent to an activating group) is 1. The highest BCUT2D eigenvalue weighted by Crippen LogP contribution is 2.24. The minimum absolute atomic E-state index is 0.193. The van der Waals surface area contributed by atoms with E-state index in [2.05, 4.69) is 26.1 Å². The molecule has 3 rings (SSSR count). The molecule has 2 amide bonds. The number of nitrogens with one attached hydrogen (secondary N) is 1. The highest BCUT2D eigenvalue weighted by atomic mass is 79.9. The normalized spacial score (nSPS) is 11.8. The number of H-pyrrole nitrogens is 1. The van der Waals surface area contributed by atoms with Crippen LogP contribution >= 0.6 is 15.9 Å². The maximum absolute atomic E-state index is 13.5. The number of aromatic nitrogens is 2. The maximum atomic E-state index is 13.5. The van der Waals surface area contributed by atoms with E-state index in [1.807, 2.05) is 24.3 Å². The lowest BCUT2D eigenvalue weighted by molar-refractivity contribution is -0.122. The van der Waals surface area contributed by atoms with Gasteiger partial charge in [0.15, 0.2) is 0 Å². The zero-order valence-electron chi connectivity index (χ0n) is 14.3. The predicted molar refractivity (Wildman–Crippen MR) is 102 cm³/mol. The Kier molecular flexibility index (Phi) is 5.36. The number of aromatic amines is 1. The Morgan fingerprint density at radius 1 is 1.19 bits per heavy atom. The van der Waals surface area contributed by atoms with Gasteiger partial charge in [0.25, 0.3) is 5.91 Å². The fraction of sp³-hybridized carbons (Fsp3) is 0.105. The summed E-state index contributed by atoms with van der Waals surface area (Å²) in [5, 5.41) is 6.82. The minimum atomic E-state index is -1.10. The van der Waals surface area contributed by atoms with Crippen molar-refractivity contribution in [2.45, 2.75) is 6.04 Å². The van der Waals surface area contributed by atoms with E-state index in [-0.39, 0.29) is 5.69 Å². The van der Waals surface area contributed by atoms with Gasteiger partial charge in [-0.05, 0) is 35.9 Å². The fourth-order valence-electron chi connectivity index (χ4n) is 2.76. The summed E-state index contributed by atoms with van der Waals surface area (Å²) in [7, 11) is 1.43. The van der Waals surface area contributed by atoms with Crippen LogP contribution in [0.1, 0.15) is 22.1 Å². The summed E-state index contributed by atoms with van der Waals surface area (Å²) >= 11 is 3.36. The first-order valence-electron chi connectivity index (χ1n) is 8.00. The van der Waals surface area contributed by atoms with Crippen molar-refractivity contribution in [3.05, 3.63) is 76.1 Å². The number of carbonyl (C=O) groups is 2. The number of hydrogen-bond donors (Lipinski definition) is 2. The van der Waals surface area contributed by atoms with E-state index >= 15 is 0 Å². The van der Waals surface area contributed by atoms with Crippen LogP contribution in [-0.2, 0) is 4.79 Å². The number of primary amides is 1. The van der Waals surface area contributed by atoms with E-state index in [0.29, 0.717) is 11.3 Å². The summed E-state index contributed by atoms with van der Waals surface area (Å²) in [6.45, 7) is 0. The third kappa shape index (κ3) is 4.06.